The number of nitrogens with two attached hydrogens (primary N) is 1. The highest BCUT2D eigenvalue weighted by molar-refractivity contribution is 5.77. The van der Waals surface area contributed by atoms with Crippen LogP contribution in [0.25, 0.3) is 0 Å². The van der Waals surface area contributed by atoms with E-state index in [1.807, 2.05) is 0 Å². The quantitative estimate of drug-likeness (QED) is 0.422. The molecule has 4 heteroatoms. The fourth-order valence-electron chi connectivity index (χ4n) is 1.07. The second-order valence-corrected chi connectivity index (χ2v) is 2.72. The molecule has 3 N–H and O–H groups in total. The molecule has 0 aromatic carbocycles. The van der Waals surface area contributed by atoms with E-state index in [0.29, 0.717) is 11.9 Å². The number of ether oxygens (including phenoxy) is 1. The van der Waals surface area contributed by atoms with Gasteiger partial charge in [0.05, 0.1) is 6.61 Å². The summed E-state index contributed by atoms with van der Waals surface area (Å²) in [6.07, 6.45) is 1.13. The highest BCUT2D eigenvalue weighted by Crippen LogP contribution is 2.10. The van der Waals surface area contributed by atoms with Gasteiger partial charge in [0.2, 0.25) is 0 Å². The van der Waals surface area contributed by atoms with E-state index in [9.17, 15) is 0 Å². The number of hydrogen-bond acceptors (Lipinski definition) is 2. The fourth-order valence-corrected chi connectivity index (χ4v) is 1.07. The third-order valence-corrected chi connectivity index (χ3v) is 1.84. The van der Waals surface area contributed by atoms with Crippen molar-refractivity contribution in [1.82, 2.24) is 5.32 Å². The molecule has 1 aliphatic heterocycles. The minimum absolute atomic E-state index is 0.511. The summed E-state index contributed by atoms with van der Waals surface area (Å²) in [6, 6.07) is 0. The van der Waals surface area contributed by atoms with E-state index in [4.69, 9.17) is 10.5 Å². The lowest BCUT2D eigenvalue weighted by atomic mass is 10.1. The van der Waals surface area contributed by atoms with Crippen LogP contribution in [0.1, 0.15) is 6.42 Å². The lowest BCUT2D eigenvalue weighted by molar-refractivity contribution is 0.186. The molecule has 1 saturated heterocycles. The van der Waals surface area contributed by atoms with Gasteiger partial charge in [0.15, 0.2) is 5.96 Å². The van der Waals surface area contributed by atoms with E-state index < -0.39 is 0 Å². The normalized spacial score (nSPS) is 25.5. The Morgan fingerprint density at radius 3 is 3.18 bits per heavy atom. The molecular formula is C7H15N3O. The zero-order valence-electron chi connectivity index (χ0n) is 6.84. The third-order valence-electron chi connectivity index (χ3n) is 1.84. The summed E-state index contributed by atoms with van der Waals surface area (Å²) in [7, 11) is 1.67. The number of nitrogens with one attached hydrogen (secondary N) is 1. The van der Waals surface area contributed by atoms with E-state index in [0.717, 1.165) is 26.2 Å². The van der Waals surface area contributed by atoms with Crippen LogP contribution < -0.4 is 11.1 Å². The number of hydrogen-bond donors (Lipinski definition) is 2. The Morgan fingerprint density at radius 2 is 2.64 bits per heavy atom. The van der Waals surface area contributed by atoms with Crippen molar-refractivity contribution in [2.24, 2.45) is 16.6 Å². The summed E-state index contributed by atoms with van der Waals surface area (Å²) >= 11 is 0. The summed E-state index contributed by atoms with van der Waals surface area (Å²) in [5.41, 5.74) is 5.45. The van der Waals surface area contributed by atoms with Gasteiger partial charge in [-0.2, -0.15) is 0 Å². The second kappa shape index (κ2) is 4.18. The predicted molar refractivity (Wildman–Crippen MR) is 44.5 cm³/mol. The largest absolute Gasteiger partial charge is 0.381 e. The molecule has 1 atom stereocenters. The maximum Gasteiger partial charge on any atom is 0.188 e. The molecule has 0 amide bonds. The van der Waals surface area contributed by atoms with Crippen molar-refractivity contribution in [3.8, 4) is 0 Å². The summed E-state index contributed by atoms with van der Waals surface area (Å²) in [5.74, 6) is 1.12. The average Bonchev–Trinajstić information content (AvgIpc) is 2.52. The van der Waals surface area contributed by atoms with Crippen LogP contribution in [0.2, 0.25) is 0 Å². The first-order valence-electron chi connectivity index (χ1n) is 3.87. The third kappa shape index (κ3) is 2.76. The Kier molecular flexibility index (Phi) is 3.16. The number of aliphatic imine (C=N–C) groups is 1. The summed E-state index contributed by atoms with van der Waals surface area (Å²) in [4.78, 5) is 3.79. The van der Waals surface area contributed by atoms with Crippen LogP contribution in [0, 0.1) is 5.92 Å². The van der Waals surface area contributed by atoms with Gasteiger partial charge in [-0.1, -0.05) is 0 Å². The highest BCUT2D eigenvalue weighted by atomic mass is 16.5. The molecule has 0 bridgehead atoms. The SMILES string of the molecule is CN=C(N)NC[C@@H]1CCOC1. The first-order valence-corrected chi connectivity index (χ1v) is 3.87. The van der Waals surface area contributed by atoms with Crippen molar-refractivity contribution >= 4 is 5.96 Å². The van der Waals surface area contributed by atoms with Crippen LogP contribution in [0.3, 0.4) is 0 Å². The first-order chi connectivity index (χ1) is 5.33. The van der Waals surface area contributed by atoms with Gasteiger partial charge in [0.1, 0.15) is 0 Å². The van der Waals surface area contributed by atoms with Gasteiger partial charge in [-0.3, -0.25) is 4.99 Å². The monoisotopic (exact) mass is 157 g/mol. The van der Waals surface area contributed by atoms with Crippen LogP contribution in [-0.4, -0.2) is 32.8 Å². The van der Waals surface area contributed by atoms with Crippen LogP contribution in [0.4, 0.5) is 0 Å². The van der Waals surface area contributed by atoms with Gasteiger partial charge in [-0.15, -0.1) is 0 Å². The van der Waals surface area contributed by atoms with Gasteiger partial charge in [-0.25, -0.2) is 0 Å². The van der Waals surface area contributed by atoms with Crippen LogP contribution in [0.15, 0.2) is 4.99 Å². The highest BCUT2D eigenvalue weighted by Gasteiger charge is 2.14. The molecular weight excluding hydrogens is 142 g/mol. The first kappa shape index (κ1) is 8.33. The summed E-state index contributed by atoms with van der Waals surface area (Å²) in [6.45, 7) is 2.61. The van der Waals surface area contributed by atoms with Crippen molar-refractivity contribution in [2.75, 3.05) is 26.8 Å². The molecule has 4 nitrogen and oxygen atoms in total. The van der Waals surface area contributed by atoms with Gasteiger partial charge in [0.25, 0.3) is 0 Å². The van der Waals surface area contributed by atoms with Crippen LogP contribution in [0.5, 0.6) is 0 Å². The van der Waals surface area contributed by atoms with Crippen molar-refractivity contribution in [2.45, 2.75) is 6.42 Å². The van der Waals surface area contributed by atoms with E-state index in [-0.39, 0.29) is 0 Å². The summed E-state index contributed by atoms with van der Waals surface area (Å²) in [5, 5.41) is 3.02. The van der Waals surface area contributed by atoms with Gasteiger partial charge < -0.3 is 15.8 Å². The van der Waals surface area contributed by atoms with E-state index in [1.165, 1.54) is 0 Å². The molecule has 1 heterocycles. The summed E-state index contributed by atoms with van der Waals surface area (Å²) < 4.78 is 5.20. The standard InChI is InChI=1S/C7H15N3O/c1-9-7(8)10-4-6-2-3-11-5-6/h6H,2-5H2,1H3,(H3,8,9,10)/t6-/m0/s1. The molecule has 1 aliphatic rings. The maximum absolute atomic E-state index is 5.45. The maximum atomic E-state index is 5.45. The Balaban J connectivity index is 2.11. The molecule has 0 aliphatic carbocycles. The topological polar surface area (TPSA) is 59.6 Å². The Morgan fingerprint density at radius 1 is 1.82 bits per heavy atom. The smallest absolute Gasteiger partial charge is 0.188 e. The van der Waals surface area contributed by atoms with E-state index >= 15 is 0 Å². The Labute approximate surface area is 66.8 Å². The Bertz CT molecular complexity index is 141. The van der Waals surface area contributed by atoms with Crippen LogP contribution in [-0.2, 0) is 4.74 Å². The fraction of sp³-hybridized carbons (Fsp3) is 0.857. The molecule has 0 radical (unpaired) electrons. The number of nitrogens with zero attached hydrogens (tertiary/aromatic N) is 1. The van der Waals surface area contributed by atoms with Crippen molar-refractivity contribution in [3.05, 3.63) is 0 Å². The minimum Gasteiger partial charge on any atom is -0.381 e. The predicted octanol–water partition coefficient (Wildman–Crippen LogP) is -0.443. The zero-order valence-corrected chi connectivity index (χ0v) is 6.84. The van der Waals surface area contributed by atoms with Crippen molar-refractivity contribution in [3.63, 3.8) is 0 Å². The molecule has 11 heavy (non-hydrogen) atoms. The van der Waals surface area contributed by atoms with Gasteiger partial charge >= 0.3 is 0 Å². The second-order valence-electron chi connectivity index (χ2n) is 2.72. The average molecular weight is 157 g/mol. The van der Waals surface area contributed by atoms with E-state index in [1.54, 1.807) is 7.05 Å². The molecule has 0 unspecified atom stereocenters. The van der Waals surface area contributed by atoms with Crippen molar-refractivity contribution in [1.29, 1.82) is 0 Å². The molecule has 1 rings (SSSR count). The molecule has 1 fully saturated rings. The van der Waals surface area contributed by atoms with Gasteiger partial charge in [-0.05, 0) is 6.42 Å². The molecule has 0 saturated carbocycles. The lowest BCUT2D eigenvalue weighted by Gasteiger charge is -2.08. The van der Waals surface area contributed by atoms with Gasteiger partial charge in [0, 0.05) is 26.1 Å². The van der Waals surface area contributed by atoms with Crippen LogP contribution >= 0.6 is 0 Å². The molecule has 0 aromatic heterocycles. The Hall–Kier alpha value is -0.770. The lowest BCUT2D eigenvalue weighted by Crippen LogP contribution is -2.35. The zero-order chi connectivity index (χ0) is 8.10. The van der Waals surface area contributed by atoms with E-state index in [2.05, 4.69) is 10.3 Å². The molecule has 0 aromatic rings. The molecule has 64 valence electrons. The number of rotatable bonds is 2. The minimum atomic E-state index is 0.511. The van der Waals surface area contributed by atoms with Crippen molar-refractivity contribution < 1.29 is 4.74 Å². The molecule has 0 spiro atoms. The number of guanidine groups is 1.